The van der Waals surface area contributed by atoms with E-state index < -0.39 is 23.7 Å². The molecule has 7 N–H and O–H groups in total. The van der Waals surface area contributed by atoms with Crippen molar-refractivity contribution < 1.29 is 24.9 Å². The summed E-state index contributed by atoms with van der Waals surface area (Å²) in [4.78, 5) is 11.2. The molecule has 4 atom stereocenters. The molecule has 0 saturated carbocycles. The fraction of sp³-hybridized carbons (Fsp3) is 0.552. The van der Waals surface area contributed by atoms with E-state index in [1.54, 1.807) is 0 Å². The van der Waals surface area contributed by atoms with Crippen molar-refractivity contribution in [3.05, 3.63) is 59.2 Å². The number of aliphatic hydroxyl groups excluding tert-OH is 1. The summed E-state index contributed by atoms with van der Waals surface area (Å²) in [6, 6.07) is 13.8. The molecule has 200 valence electrons. The van der Waals surface area contributed by atoms with E-state index in [1.165, 1.54) is 6.92 Å². The van der Waals surface area contributed by atoms with Gasteiger partial charge in [-0.2, -0.15) is 0 Å². The Kier molecular flexibility index (Phi) is 9.94. The molecule has 2 aromatic carbocycles. The maximum atomic E-state index is 11.2. The Morgan fingerprint density at radius 2 is 1.72 bits per heavy atom. The van der Waals surface area contributed by atoms with Gasteiger partial charge in [-0.25, -0.2) is 0 Å². The first-order valence-corrected chi connectivity index (χ1v) is 12.6. The third kappa shape index (κ3) is 8.22. The first-order chi connectivity index (χ1) is 16.6. The van der Waals surface area contributed by atoms with Crippen LogP contribution in [0.15, 0.2) is 42.5 Å². The van der Waals surface area contributed by atoms with Gasteiger partial charge >= 0.3 is 5.97 Å². The second kappa shape index (κ2) is 12.1. The SMILES string of the molecule is CC(CC(O)C(N)(O)CC(Cc1ccc(C(C)(C)C)c(OCc2ccccc2N)c1)C(C)C)C(=O)O. The van der Waals surface area contributed by atoms with Gasteiger partial charge in [-0.3, -0.25) is 4.79 Å². The van der Waals surface area contributed by atoms with E-state index >= 15 is 0 Å². The summed E-state index contributed by atoms with van der Waals surface area (Å²) in [5, 5.41) is 30.5. The van der Waals surface area contributed by atoms with E-state index in [2.05, 4.69) is 32.9 Å². The van der Waals surface area contributed by atoms with Crippen LogP contribution in [0.1, 0.15) is 71.1 Å². The quantitative estimate of drug-likeness (QED) is 0.214. The van der Waals surface area contributed by atoms with Crippen LogP contribution in [0.25, 0.3) is 0 Å². The lowest BCUT2D eigenvalue weighted by Crippen LogP contribution is -2.53. The summed E-state index contributed by atoms with van der Waals surface area (Å²) in [5.41, 5.74) is 13.9. The number of aliphatic carboxylic acids is 1. The average molecular weight is 501 g/mol. The van der Waals surface area contributed by atoms with Crippen LogP contribution in [0.4, 0.5) is 5.69 Å². The van der Waals surface area contributed by atoms with Crippen molar-refractivity contribution in [2.45, 2.75) is 84.7 Å². The highest BCUT2D eigenvalue weighted by Crippen LogP contribution is 2.35. The minimum Gasteiger partial charge on any atom is -0.489 e. The number of nitrogens with two attached hydrogens (primary N) is 2. The summed E-state index contributed by atoms with van der Waals surface area (Å²) < 4.78 is 6.27. The molecule has 0 amide bonds. The van der Waals surface area contributed by atoms with Crippen molar-refractivity contribution in [1.29, 1.82) is 0 Å². The minimum atomic E-state index is -1.89. The third-order valence-electron chi connectivity index (χ3n) is 6.90. The van der Waals surface area contributed by atoms with Gasteiger partial charge in [0.05, 0.1) is 12.0 Å². The van der Waals surface area contributed by atoms with Crippen molar-refractivity contribution in [1.82, 2.24) is 0 Å². The molecule has 0 aliphatic carbocycles. The molecule has 0 fully saturated rings. The summed E-state index contributed by atoms with van der Waals surface area (Å²) in [6.07, 6.45) is -0.709. The fourth-order valence-corrected chi connectivity index (χ4v) is 4.30. The fourth-order valence-electron chi connectivity index (χ4n) is 4.30. The van der Waals surface area contributed by atoms with Crippen LogP contribution in [0.5, 0.6) is 5.75 Å². The maximum absolute atomic E-state index is 11.2. The minimum absolute atomic E-state index is 0.0483. The lowest BCUT2D eigenvalue weighted by atomic mass is 9.79. The van der Waals surface area contributed by atoms with Crippen molar-refractivity contribution in [2.75, 3.05) is 5.73 Å². The Labute approximate surface area is 215 Å². The van der Waals surface area contributed by atoms with Crippen LogP contribution in [0.2, 0.25) is 0 Å². The molecule has 4 unspecified atom stereocenters. The number of ether oxygens (including phenoxy) is 1. The van der Waals surface area contributed by atoms with Gasteiger partial charge in [0.25, 0.3) is 0 Å². The van der Waals surface area contributed by atoms with Crippen LogP contribution in [-0.4, -0.2) is 33.1 Å². The lowest BCUT2D eigenvalue weighted by Gasteiger charge is -2.35. The topological polar surface area (TPSA) is 139 Å². The predicted molar refractivity (Wildman–Crippen MR) is 144 cm³/mol. The number of hydrogen-bond donors (Lipinski definition) is 5. The lowest BCUT2D eigenvalue weighted by molar-refractivity contribution is -0.145. The Bertz CT molecular complexity index is 1010. The molecular weight excluding hydrogens is 456 g/mol. The van der Waals surface area contributed by atoms with Crippen LogP contribution in [0.3, 0.4) is 0 Å². The van der Waals surface area contributed by atoms with Gasteiger partial charge in [-0.05, 0) is 59.8 Å². The normalized spacial score (nSPS) is 16.3. The summed E-state index contributed by atoms with van der Waals surface area (Å²) in [5.74, 6) is -0.943. The van der Waals surface area contributed by atoms with E-state index in [0.29, 0.717) is 18.7 Å². The molecular formula is C29H44N2O5. The number of aliphatic hydroxyl groups is 2. The second-order valence-electron chi connectivity index (χ2n) is 11.5. The zero-order valence-corrected chi connectivity index (χ0v) is 22.5. The highest BCUT2D eigenvalue weighted by atomic mass is 16.5. The Hall–Kier alpha value is -2.61. The molecule has 2 aromatic rings. The van der Waals surface area contributed by atoms with E-state index in [9.17, 15) is 15.0 Å². The number of nitrogen functional groups attached to an aromatic ring is 1. The van der Waals surface area contributed by atoms with Crippen LogP contribution >= 0.6 is 0 Å². The van der Waals surface area contributed by atoms with Gasteiger partial charge in [0.15, 0.2) is 0 Å². The number of rotatable bonds is 12. The van der Waals surface area contributed by atoms with Crippen LogP contribution < -0.4 is 16.2 Å². The molecule has 0 aliphatic rings. The smallest absolute Gasteiger partial charge is 0.306 e. The summed E-state index contributed by atoms with van der Waals surface area (Å²) >= 11 is 0. The number of benzene rings is 2. The van der Waals surface area contributed by atoms with Crippen molar-refractivity contribution in [3.8, 4) is 5.75 Å². The number of carboxylic acids is 1. The molecule has 0 spiro atoms. The largest absolute Gasteiger partial charge is 0.489 e. The standard InChI is InChI=1S/C29H44N2O5/c1-18(2)22(16-29(31,35)26(32)13-19(3)27(33)34)14-20-11-12-23(28(4,5)6)25(15-20)36-17-21-9-7-8-10-24(21)30/h7-12,15,18-19,22,26,32,35H,13-14,16-17,30-31H2,1-6H3,(H,33,34). The number of carboxylic acid groups (broad SMARTS) is 1. The first kappa shape index (κ1) is 29.6. The van der Waals surface area contributed by atoms with Crippen LogP contribution in [0, 0.1) is 17.8 Å². The molecule has 36 heavy (non-hydrogen) atoms. The van der Waals surface area contributed by atoms with E-state index in [-0.39, 0.29) is 30.1 Å². The van der Waals surface area contributed by atoms with E-state index in [0.717, 1.165) is 22.4 Å². The molecule has 0 bridgehead atoms. The van der Waals surface area contributed by atoms with Crippen molar-refractivity contribution >= 4 is 11.7 Å². The number of carbonyl (C=O) groups is 1. The molecule has 7 nitrogen and oxygen atoms in total. The average Bonchev–Trinajstić information content (AvgIpc) is 2.77. The zero-order valence-electron chi connectivity index (χ0n) is 22.5. The Morgan fingerprint density at radius 3 is 2.28 bits per heavy atom. The summed E-state index contributed by atoms with van der Waals surface area (Å²) in [6.45, 7) is 12.3. The highest BCUT2D eigenvalue weighted by molar-refractivity contribution is 5.69. The molecule has 2 rings (SSSR count). The molecule has 0 aromatic heterocycles. The second-order valence-corrected chi connectivity index (χ2v) is 11.5. The van der Waals surface area contributed by atoms with E-state index in [4.69, 9.17) is 21.3 Å². The highest BCUT2D eigenvalue weighted by Gasteiger charge is 2.36. The van der Waals surface area contributed by atoms with Gasteiger partial charge in [0.2, 0.25) is 0 Å². The molecule has 0 saturated heterocycles. The predicted octanol–water partition coefficient (Wildman–Crippen LogP) is 4.47. The van der Waals surface area contributed by atoms with Crippen molar-refractivity contribution in [3.63, 3.8) is 0 Å². The van der Waals surface area contributed by atoms with Gasteiger partial charge in [0, 0.05) is 11.3 Å². The Balaban J connectivity index is 2.26. The monoisotopic (exact) mass is 500 g/mol. The number of anilines is 1. The van der Waals surface area contributed by atoms with Gasteiger partial charge in [-0.15, -0.1) is 0 Å². The molecule has 0 aliphatic heterocycles. The van der Waals surface area contributed by atoms with Gasteiger partial charge in [0.1, 0.15) is 18.1 Å². The van der Waals surface area contributed by atoms with E-state index in [1.807, 2.05) is 44.2 Å². The number of hydrogen-bond acceptors (Lipinski definition) is 6. The van der Waals surface area contributed by atoms with Crippen molar-refractivity contribution in [2.24, 2.45) is 23.5 Å². The number of para-hydroxylation sites is 1. The molecule has 0 heterocycles. The van der Waals surface area contributed by atoms with Gasteiger partial charge in [-0.1, -0.05) is 71.9 Å². The molecule has 7 heteroatoms. The zero-order chi connectivity index (χ0) is 27.3. The maximum Gasteiger partial charge on any atom is 0.306 e. The molecule has 0 radical (unpaired) electrons. The summed E-state index contributed by atoms with van der Waals surface area (Å²) in [7, 11) is 0. The van der Waals surface area contributed by atoms with Gasteiger partial charge < -0.3 is 31.5 Å². The third-order valence-corrected chi connectivity index (χ3v) is 6.90. The van der Waals surface area contributed by atoms with Crippen LogP contribution in [-0.2, 0) is 23.2 Å². The first-order valence-electron chi connectivity index (χ1n) is 12.6. The Morgan fingerprint density at radius 1 is 1.08 bits per heavy atom.